The standard InChI is InChI=1S/C15H29N3O.C2H6/c1-3-4-15(19)18-11-9-17(10-12-18)13-14-5-7-16(2)8-6-14;1-2/h14H,3-13H2,1-2H3;1-2H3. The van der Waals surface area contributed by atoms with Crippen molar-refractivity contribution in [1.29, 1.82) is 0 Å². The number of carbonyl (C=O) groups is 1. The smallest absolute Gasteiger partial charge is 0.222 e. The fourth-order valence-electron chi connectivity index (χ4n) is 3.16. The van der Waals surface area contributed by atoms with Crippen LogP contribution in [0.15, 0.2) is 0 Å². The van der Waals surface area contributed by atoms with Crippen molar-refractivity contribution in [3.05, 3.63) is 0 Å². The third-order valence-corrected chi connectivity index (χ3v) is 4.54. The minimum atomic E-state index is 0.349. The lowest BCUT2D eigenvalue weighted by atomic mass is 9.96. The SMILES string of the molecule is CC.CCCC(=O)N1CCN(CC2CCN(C)CC2)CC1. The van der Waals surface area contributed by atoms with Crippen molar-refractivity contribution in [1.82, 2.24) is 14.7 Å². The lowest BCUT2D eigenvalue weighted by molar-refractivity contribution is -0.133. The molecular weight excluding hydrogens is 262 g/mol. The molecule has 21 heavy (non-hydrogen) atoms. The van der Waals surface area contributed by atoms with Gasteiger partial charge in [0.2, 0.25) is 5.91 Å². The van der Waals surface area contributed by atoms with E-state index in [0.717, 1.165) is 44.9 Å². The molecule has 2 rings (SSSR count). The first-order valence-corrected chi connectivity index (χ1v) is 8.87. The summed E-state index contributed by atoms with van der Waals surface area (Å²) in [5.74, 6) is 1.22. The van der Waals surface area contributed by atoms with Gasteiger partial charge in [0.1, 0.15) is 0 Å². The molecular formula is C17H35N3O. The van der Waals surface area contributed by atoms with E-state index in [1.807, 2.05) is 13.8 Å². The minimum Gasteiger partial charge on any atom is -0.340 e. The summed E-state index contributed by atoms with van der Waals surface area (Å²) in [4.78, 5) is 18.9. The molecule has 2 aliphatic heterocycles. The van der Waals surface area contributed by atoms with Crippen LogP contribution in [0.25, 0.3) is 0 Å². The van der Waals surface area contributed by atoms with Gasteiger partial charge in [-0.3, -0.25) is 9.69 Å². The van der Waals surface area contributed by atoms with Gasteiger partial charge in [-0.1, -0.05) is 20.8 Å². The first-order chi connectivity index (χ1) is 10.2. The molecule has 0 bridgehead atoms. The molecule has 0 N–H and O–H groups in total. The van der Waals surface area contributed by atoms with Crippen molar-refractivity contribution in [2.45, 2.75) is 46.5 Å². The summed E-state index contributed by atoms with van der Waals surface area (Å²) in [6.07, 6.45) is 4.36. The van der Waals surface area contributed by atoms with Crippen LogP contribution in [0.1, 0.15) is 46.5 Å². The zero-order valence-electron chi connectivity index (χ0n) is 14.6. The quantitative estimate of drug-likeness (QED) is 0.796. The molecule has 0 atom stereocenters. The molecule has 2 saturated heterocycles. The summed E-state index contributed by atoms with van der Waals surface area (Å²) < 4.78 is 0. The Morgan fingerprint density at radius 1 is 1.00 bits per heavy atom. The van der Waals surface area contributed by atoms with Gasteiger partial charge < -0.3 is 9.80 Å². The number of likely N-dealkylation sites (tertiary alicyclic amines) is 1. The second kappa shape index (κ2) is 10.2. The van der Waals surface area contributed by atoms with Crippen LogP contribution in [0.2, 0.25) is 0 Å². The van der Waals surface area contributed by atoms with E-state index in [-0.39, 0.29) is 0 Å². The van der Waals surface area contributed by atoms with E-state index in [9.17, 15) is 4.79 Å². The van der Waals surface area contributed by atoms with Crippen LogP contribution in [0, 0.1) is 5.92 Å². The molecule has 124 valence electrons. The third kappa shape index (κ3) is 6.35. The Labute approximate surface area is 131 Å². The fraction of sp³-hybridized carbons (Fsp3) is 0.941. The van der Waals surface area contributed by atoms with Crippen LogP contribution < -0.4 is 0 Å². The van der Waals surface area contributed by atoms with Crippen LogP contribution in [0.4, 0.5) is 0 Å². The summed E-state index contributed by atoms with van der Waals surface area (Å²) in [6, 6.07) is 0. The number of nitrogens with zero attached hydrogens (tertiary/aromatic N) is 3. The molecule has 2 aliphatic rings. The molecule has 4 nitrogen and oxygen atoms in total. The van der Waals surface area contributed by atoms with Crippen molar-refractivity contribution in [3.63, 3.8) is 0 Å². The molecule has 0 spiro atoms. The highest BCUT2D eigenvalue weighted by molar-refractivity contribution is 5.76. The molecule has 0 aromatic carbocycles. The summed E-state index contributed by atoms with van der Waals surface area (Å²) in [5, 5.41) is 0. The lowest BCUT2D eigenvalue weighted by Gasteiger charge is -2.38. The normalized spacial score (nSPS) is 21.8. The lowest BCUT2D eigenvalue weighted by Crippen LogP contribution is -2.50. The van der Waals surface area contributed by atoms with E-state index in [1.54, 1.807) is 0 Å². The summed E-state index contributed by atoms with van der Waals surface area (Å²) in [6.45, 7) is 13.8. The first kappa shape index (κ1) is 18.4. The molecule has 0 aliphatic carbocycles. The third-order valence-electron chi connectivity index (χ3n) is 4.54. The van der Waals surface area contributed by atoms with E-state index < -0.39 is 0 Å². The molecule has 0 saturated carbocycles. The zero-order valence-corrected chi connectivity index (χ0v) is 14.6. The van der Waals surface area contributed by atoms with Gasteiger partial charge in [-0.25, -0.2) is 0 Å². The topological polar surface area (TPSA) is 26.8 Å². The van der Waals surface area contributed by atoms with Crippen LogP contribution in [0.5, 0.6) is 0 Å². The van der Waals surface area contributed by atoms with Gasteiger partial charge in [-0.15, -0.1) is 0 Å². The van der Waals surface area contributed by atoms with Crippen molar-refractivity contribution in [3.8, 4) is 0 Å². The Bertz CT molecular complexity index is 280. The average molecular weight is 297 g/mol. The largest absolute Gasteiger partial charge is 0.340 e. The Morgan fingerprint density at radius 2 is 1.57 bits per heavy atom. The predicted molar refractivity (Wildman–Crippen MR) is 89.5 cm³/mol. The van der Waals surface area contributed by atoms with Gasteiger partial charge in [0.15, 0.2) is 0 Å². The second-order valence-electron chi connectivity index (χ2n) is 6.18. The Kier molecular flexibility index (Phi) is 8.93. The maximum atomic E-state index is 11.8. The molecule has 4 heteroatoms. The molecule has 0 aromatic heterocycles. The number of hydrogen-bond acceptors (Lipinski definition) is 3. The summed E-state index contributed by atoms with van der Waals surface area (Å²) in [5.41, 5.74) is 0. The Hall–Kier alpha value is -0.610. The number of hydrogen-bond donors (Lipinski definition) is 0. The Morgan fingerprint density at radius 3 is 2.10 bits per heavy atom. The summed E-state index contributed by atoms with van der Waals surface area (Å²) >= 11 is 0. The van der Waals surface area contributed by atoms with Crippen molar-refractivity contribution >= 4 is 5.91 Å². The highest BCUT2D eigenvalue weighted by Crippen LogP contribution is 2.18. The maximum Gasteiger partial charge on any atom is 0.222 e. The van der Waals surface area contributed by atoms with Gasteiger partial charge >= 0.3 is 0 Å². The number of piperidine rings is 1. The van der Waals surface area contributed by atoms with Crippen molar-refractivity contribution in [2.75, 3.05) is 52.9 Å². The number of carbonyl (C=O) groups excluding carboxylic acids is 1. The maximum absolute atomic E-state index is 11.8. The van der Waals surface area contributed by atoms with Gasteiger partial charge in [-0.2, -0.15) is 0 Å². The first-order valence-electron chi connectivity index (χ1n) is 8.87. The zero-order chi connectivity index (χ0) is 15.7. The highest BCUT2D eigenvalue weighted by atomic mass is 16.2. The number of amides is 1. The molecule has 2 heterocycles. The van der Waals surface area contributed by atoms with Gasteiger partial charge in [0.25, 0.3) is 0 Å². The predicted octanol–water partition coefficient (Wildman–Crippen LogP) is 2.30. The molecule has 0 unspecified atom stereocenters. The van der Waals surface area contributed by atoms with Crippen molar-refractivity contribution < 1.29 is 4.79 Å². The van der Waals surface area contributed by atoms with E-state index in [2.05, 4.69) is 28.7 Å². The molecule has 2 fully saturated rings. The van der Waals surface area contributed by atoms with E-state index in [1.165, 1.54) is 32.5 Å². The fourth-order valence-corrected chi connectivity index (χ4v) is 3.16. The highest BCUT2D eigenvalue weighted by Gasteiger charge is 2.24. The molecule has 1 amide bonds. The number of piperazine rings is 1. The van der Waals surface area contributed by atoms with Gasteiger partial charge in [-0.05, 0) is 45.3 Å². The van der Waals surface area contributed by atoms with Gasteiger partial charge in [0, 0.05) is 39.1 Å². The van der Waals surface area contributed by atoms with Crippen LogP contribution in [-0.4, -0.2) is 73.5 Å². The molecule has 0 radical (unpaired) electrons. The van der Waals surface area contributed by atoms with Crippen molar-refractivity contribution in [2.24, 2.45) is 5.92 Å². The summed E-state index contributed by atoms with van der Waals surface area (Å²) in [7, 11) is 2.22. The van der Waals surface area contributed by atoms with Crippen LogP contribution in [-0.2, 0) is 4.79 Å². The monoisotopic (exact) mass is 297 g/mol. The minimum absolute atomic E-state index is 0.349. The Balaban J connectivity index is 0.00000106. The number of rotatable bonds is 4. The van der Waals surface area contributed by atoms with Gasteiger partial charge in [0.05, 0.1) is 0 Å². The van der Waals surface area contributed by atoms with E-state index >= 15 is 0 Å². The second-order valence-corrected chi connectivity index (χ2v) is 6.18. The van der Waals surface area contributed by atoms with E-state index in [0.29, 0.717) is 5.91 Å². The van der Waals surface area contributed by atoms with E-state index in [4.69, 9.17) is 0 Å². The van der Waals surface area contributed by atoms with Crippen LogP contribution in [0.3, 0.4) is 0 Å². The van der Waals surface area contributed by atoms with Crippen LogP contribution >= 0.6 is 0 Å². The average Bonchev–Trinajstić information content (AvgIpc) is 2.52. The molecule has 0 aromatic rings.